The number of halogens is 2. The number of aromatic nitrogens is 3. The number of hydrogen-bond acceptors (Lipinski definition) is 3. The zero-order chi connectivity index (χ0) is 20.7. The lowest BCUT2D eigenvalue weighted by Gasteiger charge is -2.11. The minimum absolute atomic E-state index is 0.279. The van der Waals surface area contributed by atoms with Gasteiger partial charge in [0.1, 0.15) is 5.82 Å². The highest BCUT2D eigenvalue weighted by molar-refractivity contribution is 6.30. The van der Waals surface area contributed by atoms with Crippen LogP contribution in [0.25, 0.3) is 16.8 Å². The fourth-order valence-electron chi connectivity index (χ4n) is 3.34. The van der Waals surface area contributed by atoms with Crippen molar-refractivity contribution in [2.24, 2.45) is 0 Å². The summed E-state index contributed by atoms with van der Waals surface area (Å²) in [7, 11) is 0. The summed E-state index contributed by atoms with van der Waals surface area (Å²) in [5, 5.41) is 8.06. The van der Waals surface area contributed by atoms with Crippen LogP contribution in [0.15, 0.2) is 48.7 Å². The number of nitrogens with one attached hydrogen (secondary N) is 1. The Morgan fingerprint density at radius 1 is 1.10 bits per heavy atom. The Kier molecular flexibility index (Phi) is 4.80. The number of benzene rings is 2. The fraction of sp³-hybridized carbons (Fsp3) is 0.136. The van der Waals surface area contributed by atoms with Crippen molar-refractivity contribution in [3.05, 3.63) is 82.0 Å². The van der Waals surface area contributed by atoms with Gasteiger partial charge in [0.05, 0.1) is 17.0 Å². The van der Waals surface area contributed by atoms with Gasteiger partial charge in [-0.15, -0.1) is 0 Å². The Bertz CT molecular complexity index is 1250. The van der Waals surface area contributed by atoms with Crippen LogP contribution in [-0.2, 0) is 0 Å². The molecule has 2 aromatic carbocycles. The molecule has 2 aromatic heterocycles. The van der Waals surface area contributed by atoms with Crippen LogP contribution < -0.4 is 5.32 Å². The fourth-order valence-corrected chi connectivity index (χ4v) is 3.56. The van der Waals surface area contributed by atoms with E-state index in [-0.39, 0.29) is 11.7 Å². The minimum atomic E-state index is -0.302. The van der Waals surface area contributed by atoms with Gasteiger partial charge in [0.15, 0.2) is 5.65 Å². The van der Waals surface area contributed by atoms with E-state index in [2.05, 4.69) is 15.4 Å². The van der Waals surface area contributed by atoms with Crippen molar-refractivity contribution in [2.75, 3.05) is 5.32 Å². The van der Waals surface area contributed by atoms with Crippen LogP contribution in [0.5, 0.6) is 0 Å². The first-order chi connectivity index (χ1) is 13.8. The lowest BCUT2D eigenvalue weighted by molar-refractivity contribution is 0.102. The summed E-state index contributed by atoms with van der Waals surface area (Å²) in [6.07, 6.45) is 1.54. The van der Waals surface area contributed by atoms with E-state index in [4.69, 9.17) is 11.6 Å². The zero-order valence-electron chi connectivity index (χ0n) is 16.1. The maximum Gasteiger partial charge on any atom is 0.259 e. The Hall–Kier alpha value is -3.25. The van der Waals surface area contributed by atoms with Gasteiger partial charge in [0.2, 0.25) is 0 Å². The normalized spacial score (nSPS) is 11.1. The van der Waals surface area contributed by atoms with Crippen molar-refractivity contribution in [1.29, 1.82) is 0 Å². The van der Waals surface area contributed by atoms with E-state index < -0.39 is 0 Å². The van der Waals surface area contributed by atoms with E-state index in [0.29, 0.717) is 27.6 Å². The molecule has 0 atom stereocenters. The number of fused-ring (bicyclic) bond motifs is 1. The quantitative estimate of drug-likeness (QED) is 0.496. The molecule has 1 N–H and O–H groups in total. The van der Waals surface area contributed by atoms with Crippen LogP contribution in [0.3, 0.4) is 0 Å². The van der Waals surface area contributed by atoms with Gasteiger partial charge < -0.3 is 5.32 Å². The molecule has 4 rings (SSSR count). The van der Waals surface area contributed by atoms with E-state index in [1.807, 2.05) is 20.8 Å². The summed E-state index contributed by atoms with van der Waals surface area (Å²) in [5.74, 6) is -0.581. The molecule has 0 radical (unpaired) electrons. The van der Waals surface area contributed by atoms with Crippen LogP contribution in [0.4, 0.5) is 10.1 Å². The molecular formula is C22H18ClFN4O. The van der Waals surface area contributed by atoms with Gasteiger partial charge in [-0.05, 0) is 62.2 Å². The highest BCUT2D eigenvalue weighted by Gasteiger charge is 2.19. The SMILES string of the molecule is Cc1cc(Cl)ccc1NC(=O)c1cnc2c(-c3ccc(F)cc3)c(C)nn2c1C. The van der Waals surface area contributed by atoms with Gasteiger partial charge in [0.25, 0.3) is 5.91 Å². The van der Waals surface area contributed by atoms with E-state index in [1.54, 1.807) is 41.0 Å². The highest BCUT2D eigenvalue weighted by Crippen LogP contribution is 2.28. The Labute approximate surface area is 172 Å². The van der Waals surface area contributed by atoms with E-state index >= 15 is 0 Å². The van der Waals surface area contributed by atoms with Gasteiger partial charge in [-0.2, -0.15) is 5.10 Å². The van der Waals surface area contributed by atoms with Crippen LogP contribution in [0.1, 0.15) is 27.3 Å². The van der Waals surface area contributed by atoms with E-state index in [0.717, 1.165) is 22.4 Å². The Morgan fingerprint density at radius 2 is 1.83 bits per heavy atom. The number of rotatable bonds is 3. The number of carbonyl (C=O) groups excluding carboxylic acids is 1. The average molecular weight is 409 g/mol. The lowest BCUT2D eigenvalue weighted by atomic mass is 10.1. The summed E-state index contributed by atoms with van der Waals surface area (Å²) < 4.78 is 14.9. The molecule has 1 amide bonds. The number of anilines is 1. The predicted molar refractivity (Wildman–Crippen MR) is 112 cm³/mol. The molecule has 146 valence electrons. The monoisotopic (exact) mass is 408 g/mol. The van der Waals surface area contributed by atoms with Crippen molar-refractivity contribution >= 4 is 28.8 Å². The maximum atomic E-state index is 13.3. The topological polar surface area (TPSA) is 59.3 Å². The molecule has 0 bridgehead atoms. The molecule has 0 fully saturated rings. The molecule has 0 spiro atoms. The van der Waals surface area contributed by atoms with Crippen molar-refractivity contribution in [3.8, 4) is 11.1 Å². The third-order valence-electron chi connectivity index (χ3n) is 4.87. The number of aryl methyl sites for hydroxylation is 3. The van der Waals surface area contributed by atoms with Gasteiger partial charge in [0, 0.05) is 22.5 Å². The second-order valence-electron chi connectivity index (χ2n) is 6.87. The molecule has 2 heterocycles. The molecule has 7 heteroatoms. The van der Waals surface area contributed by atoms with Crippen LogP contribution >= 0.6 is 11.6 Å². The number of carbonyl (C=O) groups is 1. The number of amides is 1. The number of hydrogen-bond donors (Lipinski definition) is 1. The van der Waals surface area contributed by atoms with Crippen LogP contribution in [0.2, 0.25) is 5.02 Å². The molecular weight excluding hydrogens is 391 g/mol. The maximum absolute atomic E-state index is 13.3. The zero-order valence-corrected chi connectivity index (χ0v) is 16.9. The molecule has 0 aliphatic rings. The smallest absolute Gasteiger partial charge is 0.259 e. The molecule has 0 aliphatic carbocycles. The molecule has 4 aromatic rings. The second-order valence-corrected chi connectivity index (χ2v) is 7.31. The molecule has 0 saturated carbocycles. The summed E-state index contributed by atoms with van der Waals surface area (Å²) in [5.41, 5.74) is 5.63. The van der Waals surface area contributed by atoms with E-state index in [1.165, 1.54) is 12.1 Å². The predicted octanol–water partition coefficient (Wildman–Crippen LogP) is 5.37. The molecule has 0 saturated heterocycles. The van der Waals surface area contributed by atoms with Crippen molar-refractivity contribution in [1.82, 2.24) is 14.6 Å². The highest BCUT2D eigenvalue weighted by atomic mass is 35.5. The molecule has 0 aliphatic heterocycles. The Balaban J connectivity index is 1.75. The largest absolute Gasteiger partial charge is 0.322 e. The summed E-state index contributed by atoms with van der Waals surface area (Å²) in [6.45, 7) is 5.56. The van der Waals surface area contributed by atoms with E-state index in [9.17, 15) is 9.18 Å². The third kappa shape index (κ3) is 3.47. The number of nitrogens with zero attached hydrogens (tertiary/aromatic N) is 3. The first-order valence-corrected chi connectivity index (χ1v) is 9.41. The van der Waals surface area contributed by atoms with Crippen LogP contribution in [0, 0.1) is 26.6 Å². The summed E-state index contributed by atoms with van der Waals surface area (Å²) in [4.78, 5) is 17.3. The van der Waals surface area contributed by atoms with Crippen molar-refractivity contribution < 1.29 is 9.18 Å². The molecule has 29 heavy (non-hydrogen) atoms. The summed E-state index contributed by atoms with van der Waals surface area (Å²) >= 11 is 5.98. The lowest BCUT2D eigenvalue weighted by Crippen LogP contribution is -2.16. The van der Waals surface area contributed by atoms with Crippen molar-refractivity contribution in [3.63, 3.8) is 0 Å². The molecule has 5 nitrogen and oxygen atoms in total. The average Bonchev–Trinajstić information content (AvgIpc) is 3.02. The van der Waals surface area contributed by atoms with Gasteiger partial charge in [-0.3, -0.25) is 4.79 Å². The standard InChI is InChI=1S/C22H18ClFN4O/c1-12-10-16(23)6-9-19(12)26-22(29)18-11-25-21-20(13(2)27-28(21)14(18)3)15-4-7-17(24)8-5-15/h4-11H,1-3H3,(H,26,29). The van der Waals surface area contributed by atoms with Gasteiger partial charge in [-0.1, -0.05) is 23.7 Å². The van der Waals surface area contributed by atoms with Crippen LogP contribution in [-0.4, -0.2) is 20.5 Å². The third-order valence-corrected chi connectivity index (χ3v) is 5.11. The minimum Gasteiger partial charge on any atom is -0.322 e. The Morgan fingerprint density at radius 3 is 2.52 bits per heavy atom. The molecule has 0 unspecified atom stereocenters. The van der Waals surface area contributed by atoms with Crippen molar-refractivity contribution in [2.45, 2.75) is 20.8 Å². The first-order valence-electron chi connectivity index (χ1n) is 9.03. The van der Waals surface area contributed by atoms with Gasteiger partial charge in [-0.25, -0.2) is 13.9 Å². The second kappa shape index (κ2) is 7.29. The first kappa shape index (κ1) is 19.1. The summed E-state index contributed by atoms with van der Waals surface area (Å²) in [6, 6.07) is 11.5. The van der Waals surface area contributed by atoms with Gasteiger partial charge >= 0.3 is 0 Å².